The smallest absolute Gasteiger partial charge is 0.306 e. The van der Waals surface area contributed by atoms with E-state index in [0.29, 0.717) is 24.6 Å². The van der Waals surface area contributed by atoms with Gasteiger partial charge in [-0.2, -0.15) is 0 Å². The lowest BCUT2D eigenvalue weighted by atomic mass is 10.3. The van der Waals surface area contributed by atoms with Crippen LogP contribution in [-0.4, -0.2) is 44.7 Å². The third kappa shape index (κ3) is 5.89. The lowest BCUT2D eigenvalue weighted by Crippen LogP contribution is -2.27. The summed E-state index contributed by atoms with van der Waals surface area (Å²) in [7, 11) is 3.33. The molecule has 0 atom stereocenters. The van der Waals surface area contributed by atoms with Crippen molar-refractivity contribution in [2.45, 2.75) is 6.42 Å². The summed E-state index contributed by atoms with van der Waals surface area (Å²) >= 11 is 5.85. The molecule has 0 aliphatic heterocycles. The van der Waals surface area contributed by atoms with Crippen molar-refractivity contribution in [2.24, 2.45) is 0 Å². The van der Waals surface area contributed by atoms with E-state index in [0.717, 1.165) is 12.3 Å². The maximum absolute atomic E-state index is 11.0. The lowest BCUT2D eigenvalue weighted by molar-refractivity contribution is -0.140. The SMILES string of the molecule is COC(=O)CCN(C)CCOc1cccc(Cl)c1. The summed E-state index contributed by atoms with van der Waals surface area (Å²) in [4.78, 5) is 13.0. The number of halogens is 1. The van der Waals surface area contributed by atoms with E-state index in [1.807, 2.05) is 24.1 Å². The van der Waals surface area contributed by atoms with Gasteiger partial charge >= 0.3 is 5.97 Å². The molecule has 1 aromatic rings. The zero-order chi connectivity index (χ0) is 13.4. The van der Waals surface area contributed by atoms with E-state index in [1.54, 1.807) is 12.1 Å². The Morgan fingerprint density at radius 3 is 2.83 bits per heavy atom. The molecule has 1 aromatic carbocycles. The molecule has 0 aliphatic carbocycles. The van der Waals surface area contributed by atoms with Crippen LogP contribution in [0.25, 0.3) is 0 Å². The van der Waals surface area contributed by atoms with Crippen LogP contribution in [0.15, 0.2) is 24.3 Å². The molecule has 0 fully saturated rings. The number of carbonyl (C=O) groups is 1. The molecule has 0 amide bonds. The van der Waals surface area contributed by atoms with Crippen molar-refractivity contribution < 1.29 is 14.3 Å². The van der Waals surface area contributed by atoms with Crippen molar-refractivity contribution in [3.05, 3.63) is 29.3 Å². The van der Waals surface area contributed by atoms with Crippen molar-refractivity contribution in [1.29, 1.82) is 0 Å². The van der Waals surface area contributed by atoms with E-state index in [4.69, 9.17) is 16.3 Å². The number of rotatable bonds is 7. The molecule has 4 nitrogen and oxygen atoms in total. The molecule has 0 aliphatic rings. The average Bonchev–Trinajstić information content (AvgIpc) is 2.36. The van der Waals surface area contributed by atoms with Crippen LogP contribution in [0.3, 0.4) is 0 Å². The first-order valence-electron chi connectivity index (χ1n) is 5.75. The highest BCUT2D eigenvalue weighted by atomic mass is 35.5. The van der Waals surface area contributed by atoms with E-state index in [2.05, 4.69) is 4.74 Å². The predicted octanol–water partition coefficient (Wildman–Crippen LogP) is 2.21. The van der Waals surface area contributed by atoms with Crippen LogP contribution < -0.4 is 4.74 Å². The Kier molecular flexibility index (Phi) is 6.54. The zero-order valence-electron chi connectivity index (χ0n) is 10.7. The third-order valence-electron chi connectivity index (χ3n) is 2.46. The first-order valence-corrected chi connectivity index (χ1v) is 6.13. The normalized spacial score (nSPS) is 10.4. The minimum Gasteiger partial charge on any atom is -0.492 e. The molecular weight excluding hydrogens is 254 g/mol. The Bertz CT molecular complexity index is 384. The second kappa shape index (κ2) is 7.95. The Labute approximate surface area is 112 Å². The van der Waals surface area contributed by atoms with Gasteiger partial charge in [-0.3, -0.25) is 4.79 Å². The van der Waals surface area contributed by atoms with Gasteiger partial charge in [0.15, 0.2) is 0 Å². The van der Waals surface area contributed by atoms with Gasteiger partial charge in [0, 0.05) is 18.1 Å². The molecule has 0 radical (unpaired) electrons. The summed E-state index contributed by atoms with van der Waals surface area (Å²) < 4.78 is 10.1. The fraction of sp³-hybridized carbons (Fsp3) is 0.462. The first-order chi connectivity index (χ1) is 8.61. The molecule has 0 unspecified atom stereocenters. The average molecular weight is 272 g/mol. The number of hydrogen-bond donors (Lipinski definition) is 0. The van der Waals surface area contributed by atoms with E-state index >= 15 is 0 Å². The summed E-state index contributed by atoms with van der Waals surface area (Å²) in [5, 5.41) is 0.659. The molecule has 0 saturated carbocycles. The van der Waals surface area contributed by atoms with Gasteiger partial charge in [0.1, 0.15) is 12.4 Å². The van der Waals surface area contributed by atoms with Crippen LogP contribution in [0.2, 0.25) is 5.02 Å². The molecule has 0 aromatic heterocycles. The van der Waals surface area contributed by atoms with Crippen molar-refractivity contribution in [3.8, 4) is 5.75 Å². The molecule has 0 heterocycles. The van der Waals surface area contributed by atoms with Crippen molar-refractivity contribution >= 4 is 17.6 Å². The van der Waals surface area contributed by atoms with E-state index in [9.17, 15) is 4.79 Å². The van der Waals surface area contributed by atoms with E-state index in [1.165, 1.54) is 7.11 Å². The van der Waals surface area contributed by atoms with Gasteiger partial charge in [0.2, 0.25) is 0 Å². The van der Waals surface area contributed by atoms with Crippen LogP contribution in [0, 0.1) is 0 Å². The summed E-state index contributed by atoms with van der Waals surface area (Å²) in [6.07, 6.45) is 0.393. The Morgan fingerprint density at radius 1 is 1.39 bits per heavy atom. The molecule has 0 bridgehead atoms. The number of likely N-dealkylation sites (N-methyl/N-ethyl adjacent to an activating group) is 1. The van der Waals surface area contributed by atoms with Crippen molar-refractivity contribution in [1.82, 2.24) is 4.90 Å². The van der Waals surface area contributed by atoms with Crippen LogP contribution in [-0.2, 0) is 9.53 Å². The summed E-state index contributed by atoms with van der Waals surface area (Å²) in [5.41, 5.74) is 0. The maximum Gasteiger partial charge on any atom is 0.306 e. The Hall–Kier alpha value is -1.26. The number of esters is 1. The van der Waals surface area contributed by atoms with Gasteiger partial charge in [-0.15, -0.1) is 0 Å². The number of methoxy groups -OCH3 is 1. The lowest BCUT2D eigenvalue weighted by Gasteiger charge is -2.16. The number of nitrogens with zero attached hydrogens (tertiary/aromatic N) is 1. The minimum absolute atomic E-state index is 0.197. The fourth-order valence-corrected chi connectivity index (χ4v) is 1.55. The molecule has 0 N–H and O–H groups in total. The molecule has 5 heteroatoms. The van der Waals surface area contributed by atoms with Crippen LogP contribution in [0.1, 0.15) is 6.42 Å². The Morgan fingerprint density at radius 2 is 2.17 bits per heavy atom. The summed E-state index contributed by atoms with van der Waals surface area (Å²) in [6, 6.07) is 7.28. The van der Waals surface area contributed by atoms with Crippen LogP contribution in [0.4, 0.5) is 0 Å². The van der Waals surface area contributed by atoms with Crippen molar-refractivity contribution in [2.75, 3.05) is 33.9 Å². The van der Waals surface area contributed by atoms with Gasteiger partial charge in [0.05, 0.1) is 13.5 Å². The van der Waals surface area contributed by atoms with Gasteiger partial charge in [-0.05, 0) is 25.2 Å². The van der Waals surface area contributed by atoms with Gasteiger partial charge < -0.3 is 14.4 Å². The molecule has 0 spiro atoms. The number of hydrogen-bond acceptors (Lipinski definition) is 4. The fourth-order valence-electron chi connectivity index (χ4n) is 1.37. The zero-order valence-corrected chi connectivity index (χ0v) is 11.4. The largest absolute Gasteiger partial charge is 0.492 e. The monoisotopic (exact) mass is 271 g/mol. The van der Waals surface area contributed by atoms with Gasteiger partial charge in [-0.1, -0.05) is 17.7 Å². The van der Waals surface area contributed by atoms with Gasteiger partial charge in [0.25, 0.3) is 0 Å². The predicted molar refractivity (Wildman–Crippen MR) is 71.1 cm³/mol. The first kappa shape index (κ1) is 14.8. The highest BCUT2D eigenvalue weighted by Crippen LogP contribution is 2.16. The van der Waals surface area contributed by atoms with Crippen LogP contribution in [0.5, 0.6) is 5.75 Å². The number of carbonyl (C=O) groups excluding carboxylic acids is 1. The van der Waals surface area contributed by atoms with Gasteiger partial charge in [-0.25, -0.2) is 0 Å². The molecule has 18 heavy (non-hydrogen) atoms. The summed E-state index contributed by atoms with van der Waals surface area (Å²) in [6.45, 7) is 1.95. The number of ether oxygens (including phenoxy) is 2. The molecule has 1 rings (SSSR count). The van der Waals surface area contributed by atoms with Crippen molar-refractivity contribution in [3.63, 3.8) is 0 Å². The second-order valence-electron chi connectivity index (χ2n) is 3.94. The quantitative estimate of drug-likeness (QED) is 0.713. The molecule has 0 saturated heterocycles. The van der Waals surface area contributed by atoms with Crippen LogP contribution >= 0.6 is 11.6 Å². The standard InChI is InChI=1S/C13H18ClNO3/c1-15(7-6-13(16)17-2)8-9-18-12-5-3-4-11(14)10-12/h3-5,10H,6-9H2,1-2H3. The highest BCUT2D eigenvalue weighted by Gasteiger charge is 2.04. The Balaban J connectivity index is 2.19. The second-order valence-corrected chi connectivity index (χ2v) is 4.37. The number of benzene rings is 1. The highest BCUT2D eigenvalue weighted by molar-refractivity contribution is 6.30. The van der Waals surface area contributed by atoms with E-state index in [-0.39, 0.29) is 5.97 Å². The molecule has 100 valence electrons. The maximum atomic E-state index is 11.0. The molecular formula is C13H18ClNO3. The minimum atomic E-state index is -0.197. The van der Waals surface area contributed by atoms with E-state index < -0.39 is 0 Å². The third-order valence-corrected chi connectivity index (χ3v) is 2.70. The summed E-state index contributed by atoms with van der Waals surface area (Å²) in [5.74, 6) is 0.557. The topological polar surface area (TPSA) is 38.8 Å².